The van der Waals surface area contributed by atoms with Crippen molar-refractivity contribution in [3.05, 3.63) is 66.4 Å². The molecule has 0 saturated carbocycles. The number of benzene rings is 1. The minimum absolute atomic E-state index is 0.0265. The fourth-order valence-electron chi connectivity index (χ4n) is 3.72. The Kier molecular flexibility index (Phi) is 6.29. The lowest BCUT2D eigenvalue weighted by molar-refractivity contribution is 0.327. The fourth-order valence-corrected chi connectivity index (χ4v) is 4.89. The number of fused-ring (bicyclic) bond motifs is 1. The van der Waals surface area contributed by atoms with Crippen molar-refractivity contribution < 1.29 is 13.5 Å². The minimum atomic E-state index is -0.638. The monoisotopic (exact) mass is 494 g/mol. The highest BCUT2D eigenvalue weighted by molar-refractivity contribution is 7.22. The number of thiophene rings is 1. The number of ether oxygens (including phenoxy) is 1. The number of halogens is 2. The van der Waals surface area contributed by atoms with Gasteiger partial charge in [0.05, 0.1) is 23.0 Å². The van der Waals surface area contributed by atoms with Crippen molar-refractivity contribution in [3.8, 4) is 27.4 Å². The molecule has 0 bridgehead atoms. The first kappa shape index (κ1) is 22.7. The maximum atomic E-state index is 15.5. The van der Waals surface area contributed by atoms with Crippen molar-refractivity contribution >= 4 is 27.4 Å². The van der Waals surface area contributed by atoms with Gasteiger partial charge in [0.15, 0.2) is 5.82 Å². The van der Waals surface area contributed by atoms with Gasteiger partial charge in [-0.25, -0.2) is 19.3 Å². The molecule has 1 aromatic carbocycles. The van der Waals surface area contributed by atoms with Gasteiger partial charge < -0.3 is 16.2 Å². The average Bonchev–Trinajstić information content (AvgIpc) is 3.53. The number of hydrogen-bond donors (Lipinski definition) is 2. The normalized spacial score (nSPS) is 11.3. The second-order valence-corrected chi connectivity index (χ2v) is 8.63. The molecule has 35 heavy (non-hydrogen) atoms. The highest BCUT2D eigenvalue weighted by atomic mass is 32.1. The lowest BCUT2D eigenvalue weighted by Crippen LogP contribution is -2.11. The van der Waals surface area contributed by atoms with Crippen LogP contribution >= 0.6 is 11.3 Å². The second-order valence-electron chi connectivity index (χ2n) is 7.58. The molecule has 5 aromatic rings. The molecule has 0 unspecified atom stereocenters. The van der Waals surface area contributed by atoms with Crippen LogP contribution in [0.5, 0.6) is 5.75 Å². The Morgan fingerprint density at radius 3 is 2.80 bits per heavy atom. The molecule has 0 spiro atoms. The van der Waals surface area contributed by atoms with E-state index < -0.39 is 11.8 Å². The third-order valence-electron chi connectivity index (χ3n) is 5.26. The van der Waals surface area contributed by atoms with Gasteiger partial charge in [-0.2, -0.15) is 4.39 Å². The van der Waals surface area contributed by atoms with E-state index in [1.807, 2.05) is 24.3 Å². The molecule has 4 heterocycles. The zero-order valence-electron chi connectivity index (χ0n) is 18.4. The van der Waals surface area contributed by atoms with Crippen LogP contribution in [0.2, 0.25) is 0 Å². The first-order valence-electron chi connectivity index (χ1n) is 10.7. The summed E-state index contributed by atoms with van der Waals surface area (Å²) in [5.41, 5.74) is 13.0. The molecule has 0 amide bonds. The third kappa shape index (κ3) is 4.66. The minimum Gasteiger partial charge on any atom is -0.490 e. The maximum Gasteiger partial charge on any atom is 0.221 e. The van der Waals surface area contributed by atoms with Crippen LogP contribution in [-0.4, -0.2) is 43.1 Å². The van der Waals surface area contributed by atoms with E-state index in [-0.39, 0.29) is 30.4 Å². The van der Waals surface area contributed by atoms with Crippen LogP contribution in [0.4, 0.5) is 14.7 Å². The Morgan fingerprint density at radius 2 is 2.00 bits per heavy atom. The molecule has 0 radical (unpaired) electrons. The molecule has 178 valence electrons. The molecule has 0 aliphatic carbocycles. The Morgan fingerprint density at radius 1 is 1.11 bits per heavy atom. The number of hydrogen-bond acceptors (Lipinski definition) is 9. The first-order valence-corrected chi connectivity index (χ1v) is 11.5. The number of nitrogens with two attached hydrogens (primary N) is 2. The molecule has 5 rings (SSSR count). The number of rotatable bonds is 8. The SMILES string of the molecule is NCCOc1cnc(F)cc1-c1cccc2cc(-c3nc(N)nc(CCn4ccnn4)c3F)sc12. The smallest absolute Gasteiger partial charge is 0.221 e. The Hall–Kier alpha value is -4.03. The van der Waals surface area contributed by atoms with Crippen molar-refractivity contribution in [2.75, 3.05) is 18.9 Å². The van der Waals surface area contributed by atoms with Crippen LogP contribution in [0.1, 0.15) is 5.69 Å². The van der Waals surface area contributed by atoms with Crippen molar-refractivity contribution in [2.24, 2.45) is 5.73 Å². The maximum absolute atomic E-state index is 15.5. The summed E-state index contributed by atoms with van der Waals surface area (Å²) in [7, 11) is 0. The van der Waals surface area contributed by atoms with E-state index in [2.05, 4.69) is 25.3 Å². The summed E-state index contributed by atoms with van der Waals surface area (Å²) in [6.07, 6.45) is 4.83. The van der Waals surface area contributed by atoms with Gasteiger partial charge in [-0.15, -0.1) is 16.4 Å². The van der Waals surface area contributed by atoms with Crippen LogP contribution in [0.3, 0.4) is 0 Å². The summed E-state index contributed by atoms with van der Waals surface area (Å²) in [6, 6.07) is 8.72. The Balaban J connectivity index is 1.57. The van der Waals surface area contributed by atoms with Gasteiger partial charge in [-0.1, -0.05) is 23.4 Å². The molecule has 4 aromatic heterocycles. The zero-order chi connectivity index (χ0) is 24.4. The lowest BCUT2D eigenvalue weighted by atomic mass is 10.0. The summed E-state index contributed by atoms with van der Waals surface area (Å²) in [6.45, 7) is 0.954. The van der Waals surface area contributed by atoms with Gasteiger partial charge in [-0.05, 0) is 11.5 Å². The van der Waals surface area contributed by atoms with E-state index in [0.717, 1.165) is 15.6 Å². The summed E-state index contributed by atoms with van der Waals surface area (Å²) in [5, 5.41) is 8.47. The van der Waals surface area contributed by atoms with Crippen LogP contribution in [0.25, 0.3) is 31.8 Å². The van der Waals surface area contributed by atoms with Crippen LogP contribution in [0.15, 0.2) is 48.9 Å². The quantitative estimate of drug-likeness (QED) is 0.314. The highest BCUT2D eigenvalue weighted by Gasteiger charge is 2.20. The van der Waals surface area contributed by atoms with Crippen LogP contribution in [0, 0.1) is 11.8 Å². The molecule has 0 aliphatic rings. The van der Waals surface area contributed by atoms with Gasteiger partial charge >= 0.3 is 0 Å². The third-order valence-corrected chi connectivity index (χ3v) is 6.45. The number of aromatic nitrogens is 6. The molecular weight excluding hydrogens is 474 g/mol. The van der Waals surface area contributed by atoms with E-state index >= 15 is 4.39 Å². The number of nitrogen functional groups attached to an aromatic ring is 1. The first-order chi connectivity index (χ1) is 17.0. The summed E-state index contributed by atoms with van der Waals surface area (Å²) >= 11 is 1.32. The number of aryl methyl sites for hydroxylation is 2. The van der Waals surface area contributed by atoms with Gasteiger partial charge in [-0.3, -0.25) is 4.68 Å². The van der Waals surface area contributed by atoms with Gasteiger partial charge in [0.25, 0.3) is 0 Å². The summed E-state index contributed by atoms with van der Waals surface area (Å²) in [5.74, 6) is -0.802. The van der Waals surface area contributed by atoms with Crippen LogP contribution < -0.4 is 16.2 Å². The highest BCUT2D eigenvalue weighted by Crippen LogP contribution is 2.42. The molecule has 9 nitrogen and oxygen atoms in total. The zero-order valence-corrected chi connectivity index (χ0v) is 19.2. The van der Waals surface area contributed by atoms with Gasteiger partial charge in [0, 0.05) is 47.6 Å². The van der Waals surface area contributed by atoms with Gasteiger partial charge in [0.2, 0.25) is 11.9 Å². The molecule has 0 saturated heterocycles. The molecule has 4 N–H and O–H groups in total. The van der Waals surface area contributed by atoms with E-state index in [1.165, 1.54) is 23.6 Å². The fraction of sp³-hybridized carbons (Fsp3) is 0.174. The Bertz CT molecular complexity index is 1490. The van der Waals surface area contributed by atoms with E-state index in [1.54, 1.807) is 17.1 Å². The van der Waals surface area contributed by atoms with Crippen molar-refractivity contribution in [1.82, 2.24) is 29.9 Å². The van der Waals surface area contributed by atoms with E-state index in [0.29, 0.717) is 29.3 Å². The summed E-state index contributed by atoms with van der Waals surface area (Å²) in [4.78, 5) is 12.5. The number of nitrogens with zero attached hydrogens (tertiary/aromatic N) is 6. The predicted molar refractivity (Wildman–Crippen MR) is 129 cm³/mol. The number of anilines is 1. The van der Waals surface area contributed by atoms with Crippen molar-refractivity contribution in [2.45, 2.75) is 13.0 Å². The molecule has 0 aliphatic heterocycles. The molecular formula is C23H20F2N8OS. The van der Waals surface area contributed by atoms with E-state index in [4.69, 9.17) is 16.2 Å². The standard InChI is InChI=1S/C23H20F2N8OS/c24-19-11-15(17(12-28-19)34-9-5-26)14-3-1-2-13-10-18(35-22(13)14)21-20(25)16(30-23(27)31-21)4-7-33-8-6-29-32-33/h1-3,6,8,10-12H,4-5,7,9,26H2,(H2,27,30,31). The lowest BCUT2D eigenvalue weighted by Gasteiger charge is -2.11. The average molecular weight is 495 g/mol. The molecule has 12 heteroatoms. The predicted octanol–water partition coefficient (Wildman–Crippen LogP) is 3.45. The molecule has 0 atom stereocenters. The topological polar surface area (TPSA) is 131 Å². The molecule has 0 fully saturated rings. The van der Waals surface area contributed by atoms with Crippen molar-refractivity contribution in [3.63, 3.8) is 0 Å². The van der Waals surface area contributed by atoms with Crippen LogP contribution in [-0.2, 0) is 13.0 Å². The number of pyridine rings is 1. The van der Waals surface area contributed by atoms with Gasteiger partial charge in [0.1, 0.15) is 18.1 Å². The largest absolute Gasteiger partial charge is 0.490 e. The summed E-state index contributed by atoms with van der Waals surface area (Å²) < 4.78 is 37.6. The Labute approximate surface area is 202 Å². The van der Waals surface area contributed by atoms with Crippen molar-refractivity contribution in [1.29, 1.82) is 0 Å². The second kappa shape index (κ2) is 9.68. The van der Waals surface area contributed by atoms with E-state index in [9.17, 15) is 4.39 Å².